The summed E-state index contributed by atoms with van der Waals surface area (Å²) in [7, 11) is 0. The molecule has 3 heterocycles. The van der Waals surface area contributed by atoms with Crippen molar-refractivity contribution in [2.75, 3.05) is 13.1 Å². The first-order valence-corrected chi connectivity index (χ1v) is 9.46. The molecule has 1 fully saturated rings. The zero-order chi connectivity index (χ0) is 18.8. The lowest BCUT2D eigenvalue weighted by molar-refractivity contribution is 0.0868. The number of hydrogen-bond acceptors (Lipinski definition) is 4. The lowest BCUT2D eigenvalue weighted by Crippen LogP contribution is -2.38. The fraction of sp³-hybridized carbons (Fsp3) is 0.350. The summed E-state index contributed by atoms with van der Waals surface area (Å²) in [5.41, 5.74) is 3.75. The fourth-order valence-corrected chi connectivity index (χ4v) is 3.67. The smallest absolute Gasteiger partial charge is 0.410 e. The van der Waals surface area contributed by atoms with E-state index in [4.69, 9.17) is 21.3 Å². The second kappa shape index (κ2) is 7.56. The van der Waals surface area contributed by atoms with E-state index < -0.39 is 0 Å². The van der Waals surface area contributed by atoms with Crippen LogP contribution in [-0.2, 0) is 11.3 Å². The van der Waals surface area contributed by atoms with Gasteiger partial charge in [0.05, 0.1) is 6.20 Å². The molecule has 7 heteroatoms. The molecule has 0 radical (unpaired) electrons. The monoisotopic (exact) mass is 384 g/mol. The number of rotatable bonds is 3. The van der Waals surface area contributed by atoms with E-state index in [0.717, 1.165) is 35.3 Å². The number of amides is 1. The first-order chi connectivity index (χ1) is 13.1. The number of fused-ring (bicyclic) bond motifs is 1. The molecule has 0 spiro atoms. The van der Waals surface area contributed by atoms with Crippen LogP contribution >= 0.6 is 11.6 Å². The van der Waals surface area contributed by atoms with Gasteiger partial charge in [-0.05, 0) is 31.4 Å². The Bertz CT molecular complexity index is 949. The van der Waals surface area contributed by atoms with Gasteiger partial charge in [0, 0.05) is 30.3 Å². The molecule has 6 nitrogen and oxygen atoms in total. The number of piperidine rings is 1. The average Bonchev–Trinajstić information content (AvgIpc) is 3.08. The summed E-state index contributed by atoms with van der Waals surface area (Å²) >= 11 is 6.35. The van der Waals surface area contributed by atoms with Crippen LogP contribution in [0.3, 0.4) is 0 Å². The maximum atomic E-state index is 12.3. The first kappa shape index (κ1) is 17.8. The van der Waals surface area contributed by atoms with Gasteiger partial charge in [0.2, 0.25) is 0 Å². The van der Waals surface area contributed by atoms with Crippen LogP contribution in [0.5, 0.6) is 0 Å². The van der Waals surface area contributed by atoms with Crippen molar-refractivity contribution in [1.82, 2.24) is 19.5 Å². The fourth-order valence-electron chi connectivity index (χ4n) is 3.43. The quantitative estimate of drug-likeness (QED) is 0.635. The van der Waals surface area contributed by atoms with Crippen LogP contribution in [0.25, 0.3) is 5.65 Å². The lowest BCUT2D eigenvalue weighted by atomic mass is 9.93. The highest BCUT2D eigenvalue weighted by Crippen LogP contribution is 2.29. The average molecular weight is 385 g/mol. The Kier molecular flexibility index (Phi) is 4.99. The summed E-state index contributed by atoms with van der Waals surface area (Å²) in [5.74, 6) is 0.278. The highest BCUT2D eigenvalue weighted by molar-refractivity contribution is 6.29. The number of nitrogens with zero attached hydrogens (tertiary/aromatic N) is 4. The normalized spacial score (nSPS) is 15.3. The largest absolute Gasteiger partial charge is 0.445 e. The zero-order valence-corrected chi connectivity index (χ0v) is 15.9. The predicted molar refractivity (Wildman–Crippen MR) is 103 cm³/mol. The van der Waals surface area contributed by atoms with E-state index in [1.165, 1.54) is 0 Å². The molecule has 0 unspecified atom stereocenters. The van der Waals surface area contributed by atoms with Crippen molar-refractivity contribution in [2.45, 2.75) is 32.3 Å². The van der Waals surface area contributed by atoms with Crippen LogP contribution in [0, 0.1) is 6.92 Å². The summed E-state index contributed by atoms with van der Waals surface area (Å²) in [5, 5.41) is 4.80. The highest BCUT2D eigenvalue weighted by Gasteiger charge is 2.26. The van der Waals surface area contributed by atoms with Gasteiger partial charge >= 0.3 is 6.09 Å². The Morgan fingerprint density at radius 3 is 2.74 bits per heavy atom. The van der Waals surface area contributed by atoms with Crippen LogP contribution in [0.1, 0.15) is 35.6 Å². The molecule has 1 aliphatic heterocycles. The van der Waals surface area contributed by atoms with Gasteiger partial charge in [0.25, 0.3) is 0 Å². The number of carbonyl (C=O) groups is 1. The molecule has 2 aromatic heterocycles. The Balaban J connectivity index is 1.37. The zero-order valence-electron chi connectivity index (χ0n) is 15.1. The van der Waals surface area contributed by atoms with Gasteiger partial charge in [0.15, 0.2) is 5.65 Å². The summed E-state index contributed by atoms with van der Waals surface area (Å²) in [6.07, 6.45) is 3.19. The summed E-state index contributed by atoms with van der Waals surface area (Å²) in [6.45, 7) is 3.58. The van der Waals surface area contributed by atoms with Crippen LogP contribution in [0.15, 0.2) is 42.6 Å². The molecule has 1 amide bonds. The third-order valence-electron chi connectivity index (χ3n) is 5.00. The minimum atomic E-state index is -0.259. The molecule has 0 saturated carbocycles. The van der Waals surface area contributed by atoms with Crippen molar-refractivity contribution in [3.05, 3.63) is 64.6 Å². The highest BCUT2D eigenvalue weighted by atomic mass is 35.5. The summed E-state index contributed by atoms with van der Waals surface area (Å²) in [4.78, 5) is 18.8. The van der Waals surface area contributed by atoms with Crippen molar-refractivity contribution < 1.29 is 9.53 Å². The number of hydrogen-bond donors (Lipinski definition) is 0. The van der Waals surface area contributed by atoms with E-state index in [2.05, 4.69) is 5.10 Å². The minimum Gasteiger partial charge on any atom is -0.445 e. The van der Waals surface area contributed by atoms with Crippen LogP contribution < -0.4 is 0 Å². The van der Waals surface area contributed by atoms with Crippen molar-refractivity contribution in [1.29, 1.82) is 0 Å². The van der Waals surface area contributed by atoms with Gasteiger partial charge in [-0.15, -0.1) is 0 Å². The maximum Gasteiger partial charge on any atom is 0.410 e. The second-order valence-corrected chi connectivity index (χ2v) is 7.26. The van der Waals surface area contributed by atoms with Crippen LogP contribution in [0.4, 0.5) is 4.79 Å². The summed E-state index contributed by atoms with van der Waals surface area (Å²) in [6, 6.07) is 11.6. The molecule has 0 atom stereocenters. The topological polar surface area (TPSA) is 59.7 Å². The number of carbonyl (C=O) groups excluding carboxylic acids is 1. The van der Waals surface area contributed by atoms with Gasteiger partial charge < -0.3 is 9.64 Å². The van der Waals surface area contributed by atoms with E-state index in [1.54, 1.807) is 15.6 Å². The lowest BCUT2D eigenvalue weighted by Gasteiger charge is -2.31. The Labute approximate surface area is 162 Å². The van der Waals surface area contributed by atoms with E-state index in [0.29, 0.717) is 24.8 Å². The number of aromatic nitrogens is 3. The molecule has 1 saturated heterocycles. The minimum absolute atomic E-state index is 0.259. The molecule has 0 bridgehead atoms. The van der Waals surface area contributed by atoms with E-state index in [9.17, 15) is 4.79 Å². The van der Waals surface area contributed by atoms with E-state index >= 15 is 0 Å². The van der Waals surface area contributed by atoms with Crippen molar-refractivity contribution in [3.63, 3.8) is 0 Å². The third-order valence-corrected chi connectivity index (χ3v) is 5.27. The molecule has 0 N–H and O–H groups in total. The number of likely N-dealkylation sites (tertiary alicyclic amines) is 1. The molecule has 3 aromatic rings. The molecule has 0 aliphatic carbocycles. The van der Waals surface area contributed by atoms with Gasteiger partial charge in [-0.3, -0.25) is 0 Å². The van der Waals surface area contributed by atoms with Gasteiger partial charge in [-0.1, -0.05) is 41.9 Å². The number of aryl methyl sites for hydroxylation is 1. The molecule has 4 rings (SSSR count). The van der Waals surface area contributed by atoms with Gasteiger partial charge in [0.1, 0.15) is 11.8 Å². The first-order valence-electron chi connectivity index (χ1n) is 9.08. The number of benzene rings is 1. The van der Waals surface area contributed by atoms with Crippen molar-refractivity contribution in [2.24, 2.45) is 0 Å². The van der Waals surface area contributed by atoms with Crippen molar-refractivity contribution >= 4 is 23.3 Å². The second-order valence-electron chi connectivity index (χ2n) is 6.87. The maximum absolute atomic E-state index is 12.3. The standard InChI is InChI=1S/C20H21ClN4O2/c1-14-12-22-25-18(21)11-17(23-19(14)25)16-7-9-24(10-8-16)20(26)27-13-15-5-3-2-4-6-15/h2-6,11-12,16H,7-10,13H2,1H3. The van der Waals surface area contributed by atoms with Crippen LogP contribution in [-0.4, -0.2) is 38.7 Å². The Morgan fingerprint density at radius 1 is 1.26 bits per heavy atom. The number of halogens is 1. The van der Waals surface area contributed by atoms with Gasteiger partial charge in [-0.25, -0.2) is 14.3 Å². The Morgan fingerprint density at radius 2 is 2.00 bits per heavy atom. The molecule has 140 valence electrons. The molecule has 1 aliphatic rings. The molecular formula is C20H21ClN4O2. The van der Waals surface area contributed by atoms with E-state index in [1.807, 2.05) is 43.3 Å². The van der Waals surface area contributed by atoms with Gasteiger partial charge in [-0.2, -0.15) is 5.10 Å². The molecular weight excluding hydrogens is 364 g/mol. The van der Waals surface area contributed by atoms with Crippen LogP contribution in [0.2, 0.25) is 5.15 Å². The Hall–Kier alpha value is -2.60. The number of ether oxygens (including phenoxy) is 1. The molecule has 27 heavy (non-hydrogen) atoms. The van der Waals surface area contributed by atoms with E-state index in [-0.39, 0.29) is 12.0 Å². The summed E-state index contributed by atoms with van der Waals surface area (Å²) < 4.78 is 7.08. The predicted octanol–water partition coefficient (Wildman–Crippen LogP) is 4.21. The molecule has 1 aromatic carbocycles. The SMILES string of the molecule is Cc1cnn2c(Cl)cc(C3CCN(C(=O)OCc4ccccc4)CC3)nc12. The van der Waals surface area contributed by atoms with Crippen molar-refractivity contribution in [3.8, 4) is 0 Å². The third kappa shape index (κ3) is 3.76.